The van der Waals surface area contributed by atoms with E-state index in [2.05, 4.69) is 5.10 Å². The van der Waals surface area contributed by atoms with Gasteiger partial charge in [0.1, 0.15) is 5.58 Å². The molecule has 0 N–H and O–H groups in total. The van der Waals surface area contributed by atoms with Gasteiger partial charge in [-0.1, -0.05) is 41.9 Å². The van der Waals surface area contributed by atoms with E-state index >= 15 is 0 Å². The third-order valence-corrected chi connectivity index (χ3v) is 4.69. The fraction of sp³-hybridized carbons (Fsp3) is 0.150. The Morgan fingerprint density at radius 3 is 2.65 bits per heavy atom. The average molecular weight is 367 g/mol. The van der Waals surface area contributed by atoms with Crippen molar-refractivity contribution >= 4 is 34.2 Å². The van der Waals surface area contributed by atoms with Gasteiger partial charge in [0.2, 0.25) is 5.91 Å². The van der Waals surface area contributed by atoms with Crippen molar-refractivity contribution in [3.63, 3.8) is 0 Å². The number of fused-ring (bicyclic) bond motifs is 1. The molecule has 0 unspecified atom stereocenters. The predicted octanol–water partition coefficient (Wildman–Crippen LogP) is 4.14. The number of hydrogen-bond donors (Lipinski definition) is 0. The number of carbonyl (C=O) groups excluding carboxylic acids is 1. The number of hydrazone groups is 1. The average Bonchev–Trinajstić information content (AvgIpc) is 3.07. The van der Waals surface area contributed by atoms with Crippen LogP contribution in [0.15, 0.2) is 68.9 Å². The molecule has 2 heterocycles. The van der Waals surface area contributed by atoms with Crippen LogP contribution in [0, 0.1) is 0 Å². The van der Waals surface area contributed by atoms with Crippen LogP contribution in [0.5, 0.6) is 0 Å². The van der Waals surface area contributed by atoms with Crippen LogP contribution in [0.2, 0.25) is 5.02 Å². The second-order valence-corrected chi connectivity index (χ2v) is 6.60. The molecule has 0 fully saturated rings. The Bertz CT molecular complexity index is 1090. The molecule has 2 aromatic carbocycles. The Kier molecular flexibility index (Phi) is 4.09. The molecule has 0 radical (unpaired) electrons. The van der Waals surface area contributed by atoms with E-state index in [1.807, 2.05) is 30.3 Å². The lowest BCUT2D eigenvalue weighted by Gasteiger charge is -2.20. The summed E-state index contributed by atoms with van der Waals surface area (Å²) in [4.78, 5) is 24.5. The van der Waals surface area contributed by atoms with Gasteiger partial charge in [0.15, 0.2) is 0 Å². The summed E-state index contributed by atoms with van der Waals surface area (Å²) >= 11 is 5.96. The molecule has 0 saturated heterocycles. The summed E-state index contributed by atoms with van der Waals surface area (Å²) in [7, 11) is 0. The highest BCUT2D eigenvalue weighted by Gasteiger charge is 2.32. The first-order valence-corrected chi connectivity index (χ1v) is 8.57. The van der Waals surface area contributed by atoms with E-state index in [9.17, 15) is 9.59 Å². The molecule has 4 rings (SSSR count). The molecule has 0 bridgehead atoms. The molecule has 26 heavy (non-hydrogen) atoms. The van der Waals surface area contributed by atoms with Gasteiger partial charge in [-0.3, -0.25) is 4.79 Å². The molecule has 130 valence electrons. The Morgan fingerprint density at radius 2 is 1.92 bits per heavy atom. The number of para-hydroxylation sites is 1. The SMILES string of the molecule is CC(=O)N1N=C(c2cc3ccccc3oc2=O)C[C@H]1c1ccc(Cl)cc1. The monoisotopic (exact) mass is 366 g/mol. The lowest BCUT2D eigenvalue weighted by Crippen LogP contribution is -2.24. The molecule has 0 aliphatic carbocycles. The van der Waals surface area contributed by atoms with E-state index in [0.717, 1.165) is 10.9 Å². The van der Waals surface area contributed by atoms with E-state index in [1.165, 1.54) is 11.9 Å². The van der Waals surface area contributed by atoms with Gasteiger partial charge in [0.25, 0.3) is 0 Å². The number of nitrogens with zero attached hydrogens (tertiary/aromatic N) is 2. The van der Waals surface area contributed by atoms with E-state index in [4.69, 9.17) is 16.0 Å². The molecule has 3 aromatic rings. The quantitative estimate of drug-likeness (QED) is 0.640. The Hall–Kier alpha value is -2.92. The number of benzene rings is 2. The van der Waals surface area contributed by atoms with E-state index in [0.29, 0.717) is 28.3 Å². The molecule has 1 aliphatic heterocycles. The van der Waals surface area contributed by atoms with Crippen molar-refractivity contribution in [2.24, 2.45) is 5.10 Å². The van der Waals surface area contributed by atoms with Gasteiger partial charge in [0.05, 0.1) is 17.3 Å². The molecule has 5 nitrogen and oxygen atoms in total. The molecular weight excluding hydrogens is 352 g/mol. The van der Waals surface area contributed by atoms with Gasteiger partial charge in [-0.2, -0.15) is 5.10 Å². The third kappa shape index (κ3) is 2.91. The van der Waals surface area contributed by atoms with Crippen LogP contribution in [0.3, 0.4) is 0 Å². The highest BCUT2D eigenvalue weighted by atomic mass is 35.5. The van der Waals surface area contributed by atoms with Crippen molar-refractivity contribution < 1.29 is 9.21 Å². The highest BCUT2D eigenvalue weighted by Crippen LogP contribution is 2.33. The fourth-order valence-corrected chi connectivity index (χ4v) is 3.30. The van der Waals surface area contributed by atoms with Crippen LogP contribution >= 0.6 is 11.6 Å². The molecule has 1 aromatic heterocycles. The van der Waals surface area contributed by atoms with Crippen molar-refractivity contribution in [2.75, 3.05) is 0 Å². The summed E-state index contributed by atoms with van der Waals surface area (Å²) in [6.45, 7) is 1.46. The lowest BCUT2D eigenvalue weighted by molar-refractivity contribution is -0.130. The number of halogens is 1. The van der Waals surface area contributed by atoms with Crippen molar-refractivity contribution in [1.29, 1.82) is 0 Å². The number of hydrogen-bond acceptors (Lipinski definition) is 4. The number of rotatable bonds is 2. The maximum Gasteiger partial charge on any atom is 0.345 e. The minimum Gasteiger partial charge on any atom is -0.422 e. The van der Waals surface area contributed by atoms with E-state index < -0.39 is 5.63 Å². The summed E-state index contributed by atoms with van der Waals surface area (Å²) in [5.74, 6) is -0.190. The topological polar surface area (TPSA) is 62.9 Å². The normalized spacial score (nSPS) is 16.8. The molecular formula is C20H15ClN2O3. The van der Waals surface area contributed by atoms with Crippen LogP contribution in [-0.4, -0.2) is 16.6 Å². The van der Waals surface area contributed by atoms with Crippen molar-refractivity contribution in [3.8, 4) is 0 Å². The molecule has 6 heteroatoms. The standard InChI is InChI=1S/C20H15ClN2O3/c1-12(24)23-18(13-6-8-15(21)9-7-13)11-17(22-23)16-10-14-4-2-3-5-19(14)26-20(16)25/h2-10,18H,11H2,1H3/t18-/m0/s1. The summed E-state index contributed by atoms with van der Waals surface area (Å²) in [6.07, 6.45) is 0.435. The first kappa shape index (κ1) is 16.5. The van der Waals surface area contributed by atoms with Gasteiger partial charge in [-0.15, -0.1) is 0 Å². The van der Waals surface area contributed by atoms with Crippen molar-refractivity contribution in [1.82, 2.24) is 5.01 Å². The molecule has 0 saturated carbocycles. The predicted molar refractivity (Wildman–Crippen MR) is 100 cm³/mol. The minimum atomic E-state index is -0.456. The maximum absolute atomic E-state index is 12.4. The van der Waals surface area contributed by atoms with Crippen LogP contribution in [0.25, 0.3) is 11.0 Å². The number of amides is 1. The Morgan fingerprint density at radius 1 is 1.19 bits per heavy atom. The van der Waals surface area contributed by atoms with Crippen LogP contribution in [-0.2, 0) is 4.79 Å². The maximum atomic E-state index is 12.4. The lowest BCUT2D eigenvalue weighted by atomic mass is 9.98. The third-order valence-electron chi connectivity index (χ3n) is 4.44. The van der Waals surface area contributed by atoms with E-state index in [1.54, 1.807) is 24.3 Å². The summed E-state index contributed by atoms with van der Waals surface area (Å²) in [5, 5.41) is 7.26. The van der Waals surface area contributed by atoms with Gasteiger partial charge in [-0.25, -0.2) is 9.80 Å². The molecule has 1 amide bonds. The second-order valence-electron chi connectivity index (χ2n) is 6.17. The highest BCUT2D eigenvalue weighted by molar-refractivity contribution is 6.30. The van der Waals surface area contributed by atoms with Gasteiger partial charge in [-0.05, 0) is 29.8 Å². The summed E-state index contributed by atoms with van der Waals surface area (Å²) < 4.78 is 5.40. The van der Waals surface area contributed by atoms with E-state index in [-0.39, 0.29) is 11.9 Å². The zero-order valence-corrected chi connectivity index (χ0v) is 14.7. The smallest absolute Gasteiger partial charge is 0.345 e. The zero-order chi connectivity index (χ0) is 18.3. The Balaban J connectivity index is 1.77. The zero-order valence-electron chi connectivity index (χ0n) is 14.0. The molecule has 0 spiro atoms. The van der Waals surface area contributed by atoms with Gasteiger partial charge < -0.3 is 4.42 Å². The first-order valence-electron chi connectivity index (χ1n) is 8.19. The first-order chi connectivity index (χ1) is 12.5. The van der Waals surface area contributed by atoms with Crippen LogP contribution in [0.4, 0.5) is 0 Å². The fourth-order valence-electron chi connectivity index (χ4n) is 3.17. The van der Waals surface area contributed by atoms with Crippen molar-refractivity contribution in [3.05, 3.63) is 81.2 Å². The summed E-state index contributed by atoms with van der Waals surface area (Å²) in [6, 6.07) is 16.1. The Labute approximate surface area is 154 Å². The second kappa shape index (κ2) is 6.42. The van der Waals surface area contributed by atoms with Crippen molar-refractivity contribution in [2.45, 2.75) is 19.4 Å². The molecule has 1 atom stereocenters. The largest absolute Gasteiger partial charge is 0.422 e. The minimum absolute atomic E-state index is 0.190. The van der Waals surface area contributed by atoms with Crippen LogP contribution in [0.1, 0.15) is 30.5 Å². The number of carbonyl (C=O) groups is 1. The van der Waals surface area contributed by atoms with Crippen LogP contribution < -0.4 is 5.63 Å². The summed E-state index contributed by atoms with van der Waals surface area (Å²) in [5.41, 5.74) is 1.90. The van der Waals surface area contributed by atoms with Gasteiger partial charge >= 0.3 is 5.63 Å². The molecule has 1 aliphatic rings. The van der Waals surface area contributed by atoms with Gasteiger partial charge in [0, 0.05) is 23.8 Å².